The van der Waals surface area contributed by atoms with Crippen LogP contribution < -0.4 is 10.2 Å². The summed E-state index contributed by atoms with van der Waals surface area (Å²) in [5.41, 5.74) is 0. The molecule has 1 aromatic heterocycles. The fraction of sp³-hybridized carbons (Fsp3) is 0.667. The first kappa shape index (κ1) is 12.0. The Kier molecular flexibility index (Phi) is 5.10. The first-order valence-electron chi connectivity index (χ1n) is 5.05. The molecule has 84 valence electrons. The smallest absolute Gasteiger partial charge is 0.230 e. The molecule has 1 aromatic rings. The zero-order valence-corrected chi connectivity index (χ0v) is 9.83. The number of halogens is 1. The van der Waals surface area contributed by atoms with E-state index in [0.717, 1.165) is 13.1 Å². The number of hydrogen-bond donors (Lipinski definition) is 1. The number of anilines is 2. The monoisotopic (exact) mass is 229 g/mol. The van der Waals surface area contributed by atoms with E-state index in [4.69, 9.17) is 11.6 Å². The molecule has 1 N–H and O–H groups in total. The lowest BCUT2D eigenvalue weighted by molar-refractivity contribution is 0.811. The predicted octanol–water partition coefficient (Wildman–Crippen LogP) is 1.37. The van der Waals surface area contributed by atoms with Gasteiger partial charge in [0.15, 0.2) is 0 Å². The molecule has 0 aliphatic heterocycles. The molecule has 0 spiro atoms. The lowest BCUT2D eigenvalue weighted by Crippen LogP contribution is -2.24. The predicted molar refractivity (Wildman–Crippen MR) is 62.6 cm³/mol. The van der Waals surface area contributed by atoms with Crippen LogP contribution in [0.2, 0.25) is 0 Å². The molecule has 0 aliphatic rings. The Bertz CT molecular complexity index is 290. The van der Waals surface area contributed by atoms with Crippen molar-refractivity contribution in [3.8, 4) is 0 Å². The molecular weight excluding hydrogens is 214 g/mol. The van der Waals surface area contributed by atoms with Crippen LogP contribution in [0.4, 0.5) is 11.9 Å². The molecule has 0 saturated heterocycles. The van der Waals surface area contributed by atoms with E-state index in [0.29, 0.717) is 24.3 Å². The van der Waals surface area contributed by atoms with Crippen molar-refractivity contribution in [2.24, 2.45) is 0 Å². The van der Waals surface area contributed by atoms with E-state index in [1.807, 2.05) is 0 Å². The van der Waals surface area contributed by atoms with Gasteiger partial charge in [0.05, 0.1) is 0 Å². The van der Waals surface area contributed by atoms with Gasteiger partial charge in [0.2, 0.25) is 11.9 Å². The SMILES string of the molecule is CCN(CC)c1ncnc(NCCCl)n1. The highest BCUT2D eigenvalue weighted by atomic mass is 35.5. The highest BCUT2D eigenvalue weighted by molar-refractivity contribution is 6.18. The third kappa shape index (κ3) is 3.51. The topological polar surface area (TPSA) is 53.9 Å². The van der Waals surface area contributed by atoms with Crippen LogP contribution in [0.3, 0.4) is 0 Å². The van der Waals surface area contributed by atoms with E-state index in [9.17, 15) is 0 Å². The van der Waals surface area contributed by atoms with Crippen molar-refractivity contribution >= 4 is 23.5 Å². The lowest BCUT2D eigenvalue weighted by atomic mass is 10.5. The first-order valence-corrected chi connectivity index (χ1v) is 5.59. The third-order valence-corrected chi connectivity index (χ3v) is 2.17. The van der Waals surface area contributed by atoms with Crippen LogP contribution >= 0.6 is 11.6 Å². The van der Waals surface area contributed by atoms with E-state index < -0.39 is 0 Å². The van der Waals surface area contributed by atoms with Gasteiger partial charge in [-0.1, -0.05) is 0 Å². The lowest BCUT2D eigenvalue weighted by Gasteiger charge is -2.18. The van der Waals surface area contributed by atoms with E-state index in [1.54, 1.807) is 0 Å². The van der Waals surface area contributed by atoms with Gasteiger partial charge < -0.3 is 10.2 Å². The van der Waals surface area contributed by atoms with Gasteiger partial charge in [0.1, 0.15) is 6.33 Å². The van der Waals surface area contributed by atoms with Gasteiger partial charge in [-0.2, -0.15) is 4.98 Å². The Morgan fingerprint density at radius 3 is 2.67 bits per heavy atom. The Labute approximate surface area is 94.9 Å². The molecule has 0 fully saturated rings. The molecule has 0 bridgehead atoms. The van der Waals surface area contributed by atoms with Crippen LogP contribution in [0.25, 0.3) is 0 Å². The second-order valence-electron chi connectivity index (χ2n) is 2.90. The van der Waals surface area contributed by atoms with Crippen molar-refractivity contribution in [1.82, 2.24) is 15.0 Å². The molecule has 5 nitrogen and oxygen atoms in total. The average molecular weight is 230 g/mol. The van der Waals surface area contributed by atoms with Crippen molar-refractivity contribution in [3.63, 3.8) is 0 Å². The molecule has 0 unspecified atom stereocenters. The van der Waals surface area contributed by atoms with Crippen molar-refractivity contribution in [2.75, 3.05) is 35.7 Å². The number of hydrogen-bond acceptors (Lipinski definition) is 5. The second-order valence-corrected chi connectivity index (χ2v) is 3.28. The summed E-state index contributed by atoms with van der Waals surface area (Å²) in [4.78, 5) is 14.5. The van der Waals surface area contributed by atoms with Crippen LogP contribution in [-0.4, -0.2) is 40.5 Å². The minimum absolute atomic E-state index is 0.534. The van der Waals surface area contributed by atoms with Crippen LogP contribution in [0.15, 0.2) is 6.33 Å². The molecule has 15 heavy (non-hydrogen) atoms. The molecule has 1 rings (SSSR count). The summed E-state index contributed by atoms with van der Waals surface area (Å²) >= 11 is 5.56. The fourth-order valence-electron chi connectivity index (χ4n) is 1.19. The quantitative estimate of drug-likeness (QED) is 0.747. The van der Waals surface area contributed by atoms with Gasteiger partial charge in [0, 0.05) is 25.5 Å². The molecule has 6 heteroatoms. The van der Waals surface area contributed by atoms with Gasteiger partial charge in [-0.3, -0.25) is 0 Å². The third-order valence-electron chi connectivity index (χ3n) is 1.98. The van der Waals surface area contributed by atoms with Crippen LogP contribution in [-0.2, 0) is 0 Å². The van der Waals surface area contributed by atoms with Gasteiger partial charge in [0.25, 0.3) is 0 Å². The highest BCUT2D eigenvalue weighted by Gasteiger charge is 2.05. The molecule has 0 radical (unpaired) electrons. The van der Waals surface area contributed by atoms with Gasteiger partial charge >= 0.3 is 0 Å². The Morgan fingerprint density at radius 1 is 1.33 bits per heavy atom. The summed E-state index contributed by atoms with van der Waals surface area (Å²) in [6.45, 7) is 6.56. The number of nitrogens with zero attached hydrogens (tertiary/aromatic N) is 4. The highest BCUT2D eigenvalue weighted by Crippen LogP contribution is 2.07. The Morgan fingerprint density at radius 2 is 2.07 bits per heavy atom. The zero-order valence-electron chi connectivity index (χ0n) is 9.07. The summed E-state index contributed by atoms with van der Waals surface area (Å²) in [7, 11) is 0. The van der Waals surface area contributed by atoms with Gasteiger partial charge in [-0.25, -0.2) is 9.97 Å². The summed E-state index contributed by atoms with van der Waals surface area (Å²) in [6, 6.07) is 0. The number of rotatable bonds is 6. The summed E-state index contributed by atoms with van der Waals surface area (Å²) in [5, 5.41) is 3.02. The normalized spacial score (nSPS) is 10.1. The average Bonchev–Trinajstić information content (AvgIpc) is 2.29. The molecule has 0 aromatic carbocycles. The minimum Gasteiger partial charge on any atom is -0.353 e. The largest absolute Gasteiger partial charge is 0.353 e. The van der Waals surface area contributed by atoms with Crippen molar-refractivity contribution in [3.05, 3.63) is 6.33 Å². The summed E-state index contributed by atoms with van der Waals surface area (Å²) < 4.78 is 0. The van der Waals surface area contributed by atoms with E-state index in [2.05, 4.69) is 39.0 Å². The molecular formula is C9H16ClN5. The number of aromatic nitrogens is 3. The van der Waals surface area contributed by atoms with Crippen molar-refractivity contribution in [1.29, 1.82) is 0 Å². The second kappa shape index (κ2) is 6.40. The standard InChI is InChI=1S/C9H16ClN5/c1-3-15(4-2)9-13-7-12-8(14-9)11-6-5-10/h7H,3-6H2,1-2H3,(H,11,12,13,14). The van der Waals surface area contributed by atoms with Crippen LogP contribution in [0.5, 0.6) is 0 Å². The van der Waals surface area contributed by atoms with E-state index in [-0.39, 0.29) is 0 Å². The maximum absolute atomic E-state index is 5.56. The fourth-order valence-corrected chi connectivity index (χ4v) is 1.29. The zero-order chi connectivity index (χ0) is 11.1. The molecule has 1 heterocycles. The van der Waals surface area contributed by atoms with Crippen molar-refractivity contribution < 1.29 is 0 Å². The minimum atomic E-state index is 0.534. The molecule has 0 atom stereocenters. The van der Waals surface area contributed by atoms with E-state index >= 15 is 0 Å². The Hall–Kier alpha value is -1.10. The van der Waals surface area contributed by atoms with Gasteiger partial charge in [-0.05, 0) is 13.8 Å². The van der Waals surface area contributed by atoms with Crippen LogP contribution in [0, 0.1) is 0 Å². The Balaban J connectivity index is 2.72. The number of nitrogens with one attached hydrogen (secondary N) is 1. The number of alkyl halides is 1. The van der Waals surface area contributed by atoms with E-state index in [1.165, 1.54) is 6.33 Å². The first-order chi connectivity index (χ1) is 7.31. The maximum Gasteiger partial charge on any atom is 0.230 e. The van der Waals surface area contributed by atoms with Crippen LogP contribution in [0.1, 0.15) is 13.8 Å². The summed E-state index contributed by atoms with van der Waals surface area (Å²) in [5.74, 6) is 1.81. The maximum atomic E-state index is 5.56. The molecule has 0 saturated carbocycles. The molecule has 0 aliphatic carbocycles. The molecule has 0 amide bonds. The van der Waals surface area contributed by atoms with Crippen molar-refractivity contribution in [2.45, 2.75) is 13.8 Å². The summed E-state index contributed by atoms with van der Waals surface area (Å²) in [6.07, 6.45) is 1.51. The van der Waals surface area contributed by atoms with Gasteiger partial charge in [-0.15, -0.1) is 11.6 Å².